The van der Waals surface area contributed by atoms with Gasteiger partial charge in [0.2, 0.25) is 23.5 Å². The summed E-state index contributed by atoms with van der Waals surface area (Å²) in [6, 6.07) is 0.792. The maximum atomic E-state index is 14.0. The molecule has 13 heteroatoms. The van der Waals surface area contributed by atoms with E-state index < -0.39 is 23.8 Å². The zero-order valence-electron chi connectivity index (χ0n) is 24.0. The Balaban J connectivity index is 1.23. The summed E-state index contributed by atoms with van der Waals surface area (Å²) in [5, 5.41) is 9.97. The van der Waals surface area contributed by atoms with Crippen molar-refractivity contribution in [1.82, 2.24) is 30.2 Å². The molecule has 0 bridgehead atoms. The lowest BCUT2D eigenvalue weighted by atomic mass is 9.79. The van der Waals surface area contributed by atoms with E-state index >= 15 is 0 Å². The molecule has 3 heterocycles. The maximum absolute atomic E-state index is 14.0. The first-order valence-corrected chi connectivity index (χ1v) is 15.1. The minimum atomic E-state index is -2.73. The molecule has 3 aliphatic carbocycles. The van der Waals surface area contributed by atoms with Crippen LogP contribution in [0.2, 0.25) is 0 Å². The zero-order chi connectivity index (χ0) is 30.4. The molecule has 2 atom stereocenters. The lowest BCUT2D eigenvalue weighted by Crippen LogP contribution is -2.39. The predicted molar refractivity (Wildman–Crippen MR) is 146 cm³/mol. The van der Waals surface area contributed by atoms with Gasteiger partial charge in [0, 0.05) is 44.5 Å². The summed E-state index contributed by atoms with van der Waals surface area (Å²) in [5.41, 5.74) is 1.96. The standard InChI is InChI=1S/C30H36F4N6O3/c1-2-3-21-20(16-43-39-21)27(42)38-26(19-6-9-29(31,32)10-7-19)23-15-40-11-8-22(35-28(40)36-23)25(18-4-5-18)37-24(41)12-17-13-30(33,34)14-17/h8,11,15-19,25-26H,2-7,9-10,12-14H2,1H3,(H,37,41)(H,38,42)/t25-,26-/m0/s1. The Labute approximate surface area is 246 Å². The van der Waals surface area contributed by atoms with Crippen LogP contribution in [0.25, 0.3) is 5.78 Å². The van der Waals surface area contributed by atoms with Gasteiger partial charge in [0.25, 0.3) is 5.91 Å². The number of amides is 2. The number of alkyl halides is 4. The van der Waals surface area contributed by atoms with E-state index in [1.807, 2.05) is 6.92 Å². The minimum absolute atomic E-state index is 0.0581. The first-order chi connectivity index (χ1) is 20.5. The molecule has 3 aromatic rings. The molecule has 0 unspecified atom stereocenters. The van der Waals surface area contributed by atoms with Gasteiger partial charge in [0.05, 0.1) is 29.2 Å². The van der Waals surface area contributed by atoms with Crippen LogP contribution in [0.15, 0.2) is 29.2 Å². The SMILES string of the molecule is CCCc1nocc1C(=O)N[C@H](c1cn2ccc([C@@H](NC(=O)CC3CC(F)(F)C3)C3CC3)nc2n1)C1CCC(F)(F)CC1. The first kappa shape index (κ1) is 29.6. The van der Waals surface area contributed by atoms with Crippen molar-refractivity contribution < 1.29 is 31.7 Å². The molecule has 3 aliphatic rings. The number of carbonyl (C=O) groups is 2. The fourth-order valence-corrected chi connectivity index (χ4v) is 6.42. The molecular weight excluding hydrogens is 568 g/mol. The van der Waals surface area contributed by atoms with E-state index in [4.69, 9.17) is 14.5 Å². The Kier molecular flexibility index (Phi) is 7.93. The Hall–Kier alpha value is -3.51. The van der Waals surface area contributed by atoms with Crippen LogP contribution < -0.4 is 10.6 Å². The van der Waals surface area contributed by atoms with Crippen LogP contribution >= 0.6 is 0 Å². The van der Waals surface area contributed by atoms with E-state index in [0.29, 0.717) is 34.8 Å². The highest BCUT2D eigenvalue weighted by molar-refractivity contribution is 5.95. The van der Waals surface area contributed by atoms with E-state index in [1.165, 1.54) is 6.26 Å². The number of imidazole rings is 1. The highest BCUT2D eigenvalue weighted by Gasteiger charge is 2.46. The molecule has 6 rings (SSSR count). The number of aryl methyl sites for hydroxylation is 1. The number of hydrogen-bond acceptors (Lipinski definition) is 6. The average Bonchev–Trinajstić information content (AvgIpc) is 3.52. The van der Waals surface area contributed by atoms with E-state index in [9.17, 15) is 27.2 Å². The van der Waals surface area contributed by atoms with Crippen molar-refractivity contribution >= 4 is 17.6 Å². The third-order valence-electron chi connectivity index (χ3n) is 8.96. The van der Waals surface area contributed by atoms with Crippen molar-refractivity contribution in [3.8, 4) is 0 Å². The monoisotopic (exact) mass is 604 g/mol. The Morgan fingerprint density at radius 2 is 1.67 bits per heavy atom. The molecule has 0 aromatic carbocycles. The number of rotatable bonds is 11. The Morgan fingerprint density at radius 3 is 2.35 bits per heavy atom. The lowest BCUT2D eigenvalue weighted by Gasteiger charge is -2.34. The Bertz CT molecular complexity index is 1470. The van der Waals surface area contributed by atoms with Crippen LogP contribution in [0, 0.1) is 17.8 Å². The van der Waals surface area contributed by atoms with Gasteiger partial charge < -0.3 is 15.2 Å². The van der Waals surface area contributed by atoms with Crippen molar-refractivity contribution in [3.63, 3.8) is 0 Å². The van der Waals surface area contributed by atoms with E-state index in [0.717, 1.165) is 19.3 Å². The summed E-state index contributed by atoms with van der Waals surface area (Å²) in [7, 11) is 0. The summed E-state index contributed by atoms with van der Waals surface area (Å²) in [6.07, 6.45) is 7.43. The third kappa shape index (κ3) is 6.70. The number of nitrogens with zero attached hydrogens (tertiary/aromatic N) is 4. The van der Waals surface area contributed by atoms with Gasteiger partial charge in [0.1, 0.15) is 11.8 Å². The van der Waals surface area contributed by atoms with Crippen LogP contribution in [0.3, 0.4) is 0 Å². The Morgan fingerprint density at radius 1 is 1.00 bits per heavy atom. The molecular formula is C30H36F4N6O3. The minimum Gasteiger partial charge on any atom is -0.364 e. The second-order valence-electron chi connectivity index (χ2n) is 12.5. The summed E-state index contributed by atoms with van der Waals surface area (Å²) in [5.74, 6) is -6.10. The number of hydrogen-bond donors (Lipinski definition) is 2. The molecule has 3 aromatic heterocycles. The van der Waals surface area contributed by atoms with Crippen molar-refractivity contribution in [3.05, 3.63) is 47.4 Å². The van der Waals surface area contributed by atoms with Crippen molar-refractivity contribution in [1.29, 1.82) is 0 Å². The average molecular weight is 605 g/mol. The van der Waals surface area contributed by atoms with Crippen LogP contribution in [0.5, 0.6) is 0 Å². The van der Waals surface area contributed by atoms with E-state index in [1.54, 1.807) is 22.9 Å². The molecule has 0 saturated heterocycles. The predicted octanol–water partition coefficient (Wildman–Crippen LogP) is 5.97. The molecule has 0 spiro atoms. The number of fused-ring (bicyclic) bond motifs is 1. The molecule has 0 radical (unpaired) electrons. The fraction of sp³-hybridized carbons (Fsp3) is 0.633. The summed E-state index contributed by atoms with van der Waals surface area (Å²) >= 11 is 0. The van der Waals surface area contributed by atoms with E-state index in [2.05, 4.69) is 15.8 Å². The zero-order valence-corrected chi connectivity index (χ0v) is 24.0. The number of halogens is 4. The normalized spacial score (nSPS) is 21.7. The topological polar surface area (TPSA) is 114 Å². The van der Waals surface area contributed by atoms with Crippen molar-refractivity contribution in [2.75, 3.05) is 0 Å². The second kappa shape index (κ2) is 11.5. The van der Waals surface area contributed by atoms with Crippen molar-refractivity contribution in [2.24, 2.45) is 17.8 Å². The van der Waals surface area contributed by atoms with Gasteiger partial charge >= 0.3 is 0 Å². The third-order valence-corrected chi connectivity index (χ3v) is 8.96. The maximum Gasteiger partial charge on any atom is 0.257 e. The summed E-state index contributed by atoms with van der Waals surface area (Å²) in [6.45, 7) is 1.97. The highest BCUT2D eigenvalue weighted by atomic mass is 19.3. The van der Waals surface area contributed by atoms with Gasteiger partial charge in [-0.2, -0.15) is 0 Å². The molecule has 3 fully saturated rings. The summed E-state index contributed by atoms with van der Waals surface area (Å²) in [4.78, 5) is 35.5. The number of aromatic nitrogens is 4. The fourth-order valence-electron chi connectivity index (χ4n) is 6.42. The van der Waals surface area contributed by atoms with Gasteiger partial charge in [-0.15, -0.1) is 0 Å². The number of nitrogens with one attached hydrogen (secondary N) is 2. The molecule has 232 valence electrons. The largest absolute Gasteiger partial charge is 0.364 e. The molecule has 9 nitrogen and oxygen atoms in total. The molecule has 2 N–H and O–H groups in total. The number of carbonyl (C=O) groups excluding carboxylic acids is 2. The van der Waals surface area contributed by atoms with Crippen LogP contribution in [0.4, 0.5) is 17.6 Å². The van der Waals surface area contributed by atoms with Gasteiger partial charge in [0.15, 0.2) is 0 Å². The first-order valence-electron chi connectivity index (χ1n) is 15.1. The van der Waals surface area contributed by atoms with Gasteiger partial charge in [-0.25, -0.2) is 27.5 Å². The van der Waals surface area contributed by atoms with Gasteiger partial charge in [-0.1, -0.05) is 18.5 Å². The van der Waals surface area contributed by atoms with Gasteiger partial charge in [-0.05, 0) is 55.9 Å². The molecule has 43 heavy (non-hydrogen) atoms. The molecule has 3 saturated carbocycles. The van der Waals surface area contributed by atoms with E-state index in [-0.39, 0.29) is 74.6 Å². The second-order valence-corrected chi connectivity index (χ2v) is 12.5. The quantitative estimate of drug-likeness (QED) is 0.261. The van der Waals surface area contributed by atoms with Gasteiger partial charge in [-0.3, -0.25) is 14.0 Å². The molecule has 0 aliphatic heterocycles. The highest BCUT2D eigenvalue weighted by Crippen LogP contribution is 2.45. The molecule has 2 amide bonds. The van der Waals surface area contributed by atoms with Crippen LogP contribution in [-0.2, 0) is 11.2 Å². The smallest absolute Gasteiger partial charge is 0.257 e. The summed E-state index contributed by atoms with van der Waals surface area (Å²) < 4.78 is 61.3. The van der Waals surface area contributed by atoms with Crippen LogP contribution in [0.1, 0.15) is 111 Å². The lowest BCUT2D eigenvalue weighted by molar-refractivity contribution is -0.134. The van der Waals surface area contributed by atoms with Crippen molar-refractivity contribution in [2.45, 2.75) is 101 Å². The van der Waals surface area contributed by atoms with Crippen LogP contribution in [-0.4, -0.2) is 43.2 Å².